The van der Waals surface area contributed by atoms with Crippen LogP contribution in [0.1, 0.15) is 12.1 Å². The van der Waals surface area contributed by atoms with Crippen molar-refractivity contribution in [3.05, 3.63) is 11.1 Å². The van der Waals surface area contributed by atoms with E-state index in [1.54, 1.807) is 0 Å². The summed E-state index contributed by atoms with van der Waals surface area (Å²) in [6, 6.07) is 0. The zero-order valence-electron chi connectivity index (χ0n) is 7.67. The summed E-state index contributed by atoms with van der Waals surface area (Å²) in [6.45, 7) is 1.50. The summed E-state index contributed by atoms with van der Waals surface area (Å²) in [7, 11) is 0. The molecule has 15 heavy (non-hydrogen) atoms. The molecule has 0 aromatic carbocycles. The monoisotopic (exact) mass is 238 g/mol. The van der Waals surface area contributed by atoms with Crippen LogP contribution in [0.5, 0.6) is 5.19 Å². The van der Waals surface area contributed by atoms with Crippen LogP contribution in [0.3, 0.4) is 0 Å². The van der Waals surface area contributed by atoms with Gasteiger partial charge in [0.2, 0.25) is 0 Å². The van der Waals surface area contributed by atoms with Gasteiger partial charge in [-0.05, 0) is 13.0 Å². The predicted molar refractivity (Wildman–Crippen MR) is 49.0 cm³/mol. The number of nitrogens with one attached hydrogen (secondary N) is 1. The van der Waals surface area contributed by atoms with Crippen molar-refractivity contribution in [3.8, 4) is 5.19 Å². The van der Waals surface area contributed by atoms with Gasteiger partial charge in [0, 0.05) is 11.9 Å². The van der Waals surface area contributed by atoms with Gasteiger partial charge in [-0.15, -0.1) is 0 Å². The Morgan fingerprint density at radius 2 is 2.33 bits per heavy atom. The number of nitrogens with zero attached hydrogens (tertiary/aromatic N) is 1. The first-order chi connectivity index (χ1) is 7.05. The standard InChI is InChI=1S/C8H9F3N2OS/c9-8(10,11)6-4-15-7(13-6)14-5-1-2-12-3-5/h4-5,12H,1-3H2/t5-/m0/s1. The van der Waals surface area contributed by atoms with Crippen molar-refractivity contribution in [1.82, 2.24) is 10.3 Å². The highest BCUT2D eigenvalue weighted by Crippen LogP contribution is 2.32. The molecule has 84 valence electrons. The zero-order chi connectivity index (χ0) is 10.9. The highest BCUT2D eigenvalue weighted by molar-refractivity contribution is 7.11. The summed E-state index contributed by atoms with van der Waals surface area (Å²) in [5.74, 6) is 0. The van der Waals surface area contributed by atoms with E-state index in [0.29, 0.717) is 6.54 Å². The minimum Gasteiger partial charge on any atom is -0.465 e. The molecule has 2 rings (SSSR count). The number of halogens is 3. The molecule has 1 saturated heterocycles. The lowest BCUT2D eigenvalue weighted by Crippen LogP contribution is -2.19. The molecule has 1 aromatic heterocycles. The van der Waals surface area contributed by atoms with E-state index in [4.69, 9.17) is 4.74 Å². The fraction of sp³-hybridized carbons (Fsp3) is 0.625. The van der Waals surface area contributed by atoms with Crippen molar-refractivity contribution in [2.45, 2.75) is 18.7 Å². The van der Waals surface area contributed by atoms with Crippen LogP contribution in [0.25, 0.3) is 0 Å². The van der Waals surface area contributed by atoms with Crippen molar-refractivity contribution < 1.29 is 17.9 Å². The smallest absolute Gasteiger partial charge is 0.434 e. The number of rotatable bonds is 2. The van der Waals surface area contributed by atoms with Crippen molar-refractivity contribution in [3.63, 3.8) is 0 Å². The number of aromatic nitrogens is 1. The molecule has 1 aromatic rings. The Labute approximate surface area is 88.3 Å². The SMILES string of the molecule is FC(F)(F)c1csc(O[C@H]2CCNC2)n1. The van der Waals surface area contributed by atoms with E-state index < -0.39 is 11.9 Å². The average Bonchev–Trinajstić information content (AvgIpc) is 2.73. The molecular weight excluding hydrogens is 229 g/mol. The van der Waals surface area contributed by atoms with E-state index in [1.807, 2.05) is 0 Å². The van der Waals surface area contributed by atoms with Gasteiger partial charge in [0.25, 0.3) is 5.19 Å². The fourth-order valence-electron chi connectivity index (χ4n) is 1.31. The second-order valence-electron chi connectivity index (χ2n) is 3.23. The molecule has 0 saturated carbocycles. The molecular formula is C8H9F3N2OS. The third-order valence-electron chi connectivity index (χ3n) is 2.06. The normalized spacial score (nSPS) is 21.9. The Morgan fingerprint density at radius 1 is 1.53 bits per heavy atom. The second-order valence-corrected chi connectivity index (χ2v) is 4.05. The minimum atomic E-state index is -4.38. The zero-order valence-corrected chi connectivity index (χ0v) is 8.49. The second kappa shape index (κ2) is 3.97. The lowest BCUT2D eigenvalue weighted by Gasteiger charge is -2.08. The topological polar surface area (TPSA) is 34.1 Å². The highest BCUT2D eigenvalue weighted by atomic mass is 32.1. The van der Waals surface area contributed by atoms with E-state index in [9.17, 15) is 13.2 Å². The molecule has 1 aliphatic rings. The minimum absolute atomic E-state index is 0.0581. The highest BCUT2D eigenvalue weighted by Gasteiger charge is 2.34. The number of alkyl halides is 3. The summed E-state index contributed by atoms with van der Waals surface area (Å²) in [5, 5.41) is 4.12. The maximum Gasteiger partial charge on any atom is 0.434 e. The third-order valence-corrected chi connectivity index (χ3v) is 2.79. The maximum atomic E-state index is 12.2. The van der Waals surface area contributed by atoms with E-state index in [1.165, 1.54) is 0 Å². The van der Waals surface area contributed by atoms with Gasteiger partial charge >= 0.3 is 6.18 Å². The Kier molecular flexibility index (Phi) is 2.83. The molecule has 1 fully saturated rings. The van der Waals surface area contributed by atoms with E-state index in [-0.39, 0.29) is 11.3 Å². The van der Waals surface area contributed by atoms with Crippen LogP contribution >= 0.6 is 11.3 Å². The first-order valence-corrected chi connectivity index (χ1v) is 5.34. The summed E-state index contributed by atoms with van der Waals surface area (Å²) in [6.07, 6.45) is -3.63. The molecule has 3 nitrogen and oxygen atoms in total. The van der Waals surface area contributed by atoms with Crippen LogP contribution in [-0.2, 0) is 6.18 Å². The summed E-state index contributed by atoms with van der Waals surface area (Å²) < 4.78 is 41.9. The van der Waals surface area contributed by atoms with Crippen LogP contribution in [0.2, 0.25) is 0 Å². The van der Waals surface area contributed by atoms with Crippen LogP contribution in [0, 0.1) is 0 Å². The first-order valence-electron chi connectivity index (χ1n) is 4.46. The van der Waals surface area contributed by atoms with Crippen LogP contribution in [0.15, 0.2) is 5.38 Å². The van der Waals surface area contributed by atoms with Gasteiger partial charge in [0.15, 0.2) is 5.69 Å². The van der Waals surface area contributed by atoms with Gasteiger partial charge in [-0.2, -0.15) is 18.2 Å². The molecule has 0 bridgehead atoms. The van der Waals surface area contributed by atoms with Crippen LogP contribution < -0.4 is 10.1 Å². The average molecular weight is 238 g/mol. The summed E-state index contributed by atoms with van der Waals surface area (Å²) >= 11 is 0.882. The van der Waals surface area contributed by atoms with Gasteiger partial charge in [0.1, 0.15) is 6.10 Å². The van der Waals surface area contributed by atoms with Crippen molar-refractivity contribution in [2.24, 2.45) is 0 Å². The largest absolute Gasteiger partial charge is 0.465 e. The fourth-order valence-corrected chi connectivity index (χ4v) is 2.05. The van der Waals surface area contributed by atoms with Gasteiger partial charge in [-0.1, -0.05) is 11.3 Å². The number of hydrogen-bond donors (Lipinski definition) is 1. The molecule has 0 aliphatic carbocycles. The van der Waals surface area contributed by atoms with Gasteiger partial charge < -0.3 is 10.1 Å². The Morgan fingerprint density at radius 3 is 2.87 bits per heavy atom. The molecule has 1 atom stereocenters. The quantitative estimate of drug-likeness (QED) is 0.854. The van der Waals surface area contributed by atoms with Crippen LogP contribution in [-0.4, -0.2) is 24.2 Å². The van der Waals surface area contributed by atoms with Crippen LogP contribution in [0.4, 0.5) is 13.2 Å². The van der Waals surface area contributed by atoms with Gasteiger partial charge in [0.05, 0.1) is 0 Å². The summed E-state index contributed by atoms with van der Waals surface area (Å²) in [5.41, 5.74) is -0.881. The molecule has 1 N–H and O–H groups in total. The van der Waals surface area contributed by atoms with Crippen molar-refractivity contribution in [1.29, 1.82) is 0 Å². The molecule has 7 heteroatoms. The molecule has 0 amide bonds. The number of thiazole rings is 1. The molecule has 0 spiro atoms. The Hall–Kier alpha value is -0.820. The van der Waals surface area contributed by atoms with Gasteiger partial charge in [-0.25, -0.2) is 0 Å². The number of hydrogen-bond acceptors (Lipinski definition) is 4. The lowest BCUT2D eigenvalue weighted by molar-refractivity contribution is -0.140. The molecule has 1 aliphatic heterocycles. The van der Waals surface area contributed by atoms with E-state index in [2.05, 4.69) is 10.3 Å². The predicted octanol–water partition coefficient (Wildman–Crippen LogP) is 1.90. The first kappa shape index (κ1) is 10.7. The summed E-state index contributed by atoms with van der Waals surface area (Å²) in [4.78, 5) is 3.39. The Balaban J connectivity index is 2.00. The van der Waals surface area contributed by atoms with Gasteiger partial charge in [-0.3, -0.25) is 0 Å². The molecule has 0 unspecified atom stereocenters. The van der Waals surface area contributed by atoms with E-state index >= 15 is 0 Å². The Bertz CT molecular complexity index is 333. The number of ether oxygens (including phenoxy) is 1. The maximum absolute atomic E-state index is 12.2. The molecule has 2 heterocycles. The van der Waals surface area contributed by atoms with Crippen molar-refractivity contribution in [2.75, 3.05) is 13.1 Å². The molecule has 0 radical (unpaired) electrons. The third kappa shape index (κ3) is 2.60. The lowest BCUT2D eigenvalue weighted by atomic mass is 10.3. The van der Waals surface area contributed by atoms with E-state index in [0.717, 1.165) is 29.7 Å². The van der Waals surface area contributed by atoms with Crippen molar-refractivity contribution >= 4 is 11.3 Å².